The Bertz CT molecular complexity index is 917. The van der Waals surface area contributed by atoms with Crippen LogP contribution in [0.25, 0.3) is 16.6 Å². The standard InChI is InChI=1S/C18H16F3NO.C3H6O2/c1-12(2)13-4-3-5-15(10-13)22-9-8-14-11-16(6-7-17(14)22)23-18(19,20)21;1-2-5-3-4/h3-12H,1-2H3;3H,2H2,1H3. The molecule has 3 aromatic rings. The number of carbonyl (C=O) groups excluding carboxylic acids is 1. The lowest BCUT2D eigenvalue weighted by Gasteiger charge is -2.11. The van der Waals surface area contributed by atoms with Crippen LogP contribution in [0, 0.1) is 0 Å². The van der Waals surface area contributed by atoms with E-state index in [2.05, 4.69) is 35.5 Å². The van der Waals surface area contributed by atoms with Crippen LogP contribution in [0.3, 0.4) is 0 Å². The average molecular weight is 393 g/mol. The number of alkyl halides is 3. The van der Waals surface area contributed by atoms with Gasteiger partial charge in [-0.3, -0.25) is 4.79 Å². The molecule has 3 rings (SSSR count). The van der Waals surface area contributed by atoms with E-state index in [4.69, 9.17) is 0 Å². The molecule has 1 aromatic heterocycles. The number of hydrogen-bond donors (Lipinski definition) is 0. The smallest absolute Gasteiger partial charge is 0.468 e. The Balaban J connectivity index is 0.000000500. The zero-order chi connectivity index (χ0) is 20.7. The lowest BCUT2D eigenvalue weighted by molar-refractivity contribution is -0.274. The molecule has 0 aliphatic heterocycles. The molecule has 150 valence electrons. The Labute approximate surface area is 161 Å². The summed E-state index contributed by atoms with van der Waals surface area (Å²) in [4.78, 5) is 9.18. The van der Waals surface area contributed by atoms with Crippen molar-refractivity contribution in [3.8, 4) is 11.4 Å². The maximum absolute atomic E-state index is 12.3. The van der Waals surface area contributed by atoms with Crippen molar-refractivity contribution in [2.75, 3.05) is 6.61 Å². The van der Waals surface area contributed by atoms with E-state index in [0.717, 1.165) is 11.2 Å². The van der Waals surface area contributed by atoms with E-state index < -0.39 is 6.36 Å². The molecule has 1 heterocycles. The molecule has 28 heavy (non-hydrogen) atoms. The van der Waals surface area contributed by atoms with Crippen LogP contribution < -0.4 is 4.74 Å². The summed E-state index contributed by atoms with van der Waals surface area (Å²) in [6, 6.07) is 14.3. The molecule has 7 heteroatoms. The number of hydrogen-bond acceptors (Lipinski definition) is 3. The second kappa shape index (κ2) is 9.30. The van der Waals surface area contributed by atoms with Gasteiger partial charge in [0.15, 0.2) is 0 Å². The molecule has 0 radical (unpaired) electrons. The third-order valence-corrected chi connectivity index (χ3v) is 3.95. The van der Waals surface area contributed by atoms with Crippen molar-refractivity contribution >= 4 is 17.4 Å². The highest BCUT2D eigenvalue weighted by Gasteiger charge is 2.31. The van der Waals surface area contributed by atoms with Crippen molar-refractivity contribution in [2.45, 2.75) is 33.1 Å². The fraction of sp³-hybridized carbons (Fsp3) is 0.286. The normalized spacial score (nSPS) is 11.1. The number of ether oxygens (including phenoxy) is 2. The van der Waals surface area contributed by atoms with E-state index in [-0.39, 0.29) is 5.75 Å². The highest BCUT2D eigenvalue weighted by Crippen LogP contribution is 2.29. The van der Waals surface area contributed by atoms with E-state index in [9.17, 15) is 18.0 Å². The van der Waals surface area contributed by atoms with E-state index in [0.29, 0.717) is 24.4 Å². The first-order valence-corrected chi connectivity index (χ1v) is 8.77. The second-order valence-electron chi connectivity index (χ2n) is 6.26. The van der Waals surface area contributed by atoms with Gasteiger partial charge in [0.2, 0.25) is 0 Å². The second-order valence-corrected chi connectivity index (χ2v) is 6.26. The summed E-state index contributed by atoms with van der Waals surface area (Å²) in [5.74, 6) is 0.197. The molecular weight excluding hydrogens is 371 g/mol. The molecule has 0 unspecified atom stereocenters. The maximum Gasteiger partial charge on any atom is 0.573 e. The minimum atomic E-state index is -4.68. The van der Waals surface area contributed by atoms with Gasteiger partial charge in [-0.05, 0) is 54.8 Å². The summed E-state index contributed by atoms with van der Waals surface area (Å²) < 4.78 is 47.0. The maximum atomic E-state index is 12.3. The van der Waals surface area contributed by atoms with Gasteiger partial charge in [0, 0.05) is 17.3 Å². The Kier molecular flexibility index (Phi) is 7.09. The number of nitrogens with zero attached hydrogens (tertiary/aromatic N) is 1. The van der Waals surface area contributed by atoms with Gasteiger partial charge in [-0.1, -0.05) is 26.0 Å². The molecule has 2 aromatic carbocycles. The van der Waals surface area contributed by atoms with Crippen LogP contribution >= 0.6 is 0 Å². The van der Waals surface area contributed by atoms with Crippen LogP contribution in [0.5, 0.6) is 5.75 Å². The summed E-state index contributed by atoms with van der Waals surface area (Å²) in [5, 5.41) is 0.696. The van der Waals surface area contributed by atoms with Crippen LogP contribution in [0.1, 0.15) is 32.3 Å². The third-order valence-electron chi connectivity index (χ3n) is 3.95. The van der Waals surface area contributed by atoms with Gasteiger partial charge in [-0.15, -0.1) is 13.2 Å². The summed E-state index contributed by atoms with van der Waals surface area (Å²) >= 11 is 0. The summed E-state index contributed by atoms with van der Waals surface area (Å²) in [7, 11) is 0. The van der Waals surface area contributed by atoms with Gasteiger partial charge >= 0.3 is 6.36 Å². The fourth-order valence-corrected chi connectivity index (χ4v) is 2.64. The highest BCUT2D eigenvalue weighted by molar-refractivity contribution is 5.83. The molecule has 0 atom stereocenters. The first-order valence-electron chi connectivity index (χ1n) is 8.77. The highest BCUT2D eigenvalue weighted by atomic mass is 19.4. The fourth-order valence-electron chi connectivity index (χ4n) is 2.64. The van der Waals surface area contributed by atoms with Gasteiger partial charge < -0.3 is 14.0 Å². The molecule has 0 bridgehead atoms. The van der Waals surface area contributed by atoms with Gasteiger partial charge in [0.25, 0.3) is 6.47 Å². The Hall–Kier alpha value is -2.96. The molecule has 0 spiro atoms. The Morgan fingerprint density at radius 3 is 2.43 bits per heavy atom. The molecule has 0 fully saturated rings. The average Bonchev–Trinajstić information content (AvgIpc) is 3.05. The zero-order valence-electron chi connectivity index (χ0n) is 15.9. The van der Waals surface area contributed by atoms with Gasteiger partial charge in [-0.2, -0.15) is 0 Å². The number of rotatable bonds is 5. The number of benzene rings is 2. The lowest BCUT2D eigenvalue weighted by atomic mass is 10.0. The van der Waals surface area contributed by atoms with Crippen molar-refractivity contribution in [2.24, 2.45) is 0 Å². The topological polar surface area (TPSA) is 40.5 Å². The van der Waals surface area contributed by atoms with Crippen LogP contribution in [0.4, 0.5) is 13.2 Å². The van der Waals surface area contributed by atoms with Crippen molar-refractivity contribution in [1.29, 1.82) is 0 Å². The summed E-state index contributed by atoms with van der Waals surface area (Å²) in [6.07, 6.45) is -2.83. The van der Waals surface area contributed by atoms with E-state index >= 15 is 0 Å². The molecular formula is C21H22F3NO3. The largest absolute Gasteiger partial charge is 0.573 e. The van der Waals surface area contributed by atoms with E-state index in [1.807, 2.05) is 22.9 Å². The molecule has 0 aliphatic carbocycles. The van der Waals surface area contributed by atoms with E-state index in [1.165, 1.54) is 17.7 Å². The first-order chi connectivity index (χ1) is 13.2. The van der Waals surface area contributed by atoms with Gasteiger partial charge in [0.1, 0.15) is 5.75 Å². The number of halogens is 3. The summed E-state index contributed by atoms with van der Waals surface area (Å²) in [5.41, 5.74) is 3.03. The zero-order valence-corrected chi connectivity index (χ0v) is 15.9. The van der Waals surface area contributed by atoms with Crippen molar-refractivity contribution in [3.05, 3.63) is 60.3 Å². The Morgan fingerprint density at radius 1 is 1.11 bits per heavy atom. The van der Waals surface area contributed by atoms with Crippen molar-refractivity contribution in [3.63, 3.8) is 0 Å². The first kappa shape index (κ1) is 21.3. The minimum Gasteiger partial charge on any atom is -0.468 e. The van der Waals surface area contributed by atoms with Gasteiger partial charge in [0.05, 0.1) is 12.1 Å². The van der Waals surface area contributed by atoms with Crippen molar-refractivity contribution < 1.29 is 27.4 Å². The SMILES string of the molecule is CC(C)c1cccc(-n2ccc3cc(OC(F)(F)F)ccc32)c1.CCOC=O. The summed E-state index contributed by atoms with van der Waals surface area (Å²) in [6.45, 7) is 6.90. The van der Waals surface area contributed by atoms with Crippen LogP contribution in [0.2, 0.25) is 0 Å². The van der Waals surface area contributed by atoms with Crippen LogP contribution in [0.15, 0.2) is 54.7 Å². The Morgan fingerprint density at radius 2 is 1.86 bits per heavy atom. The van der Waals surface area contributed by atoms with Crippen molar-refractivity contribution in [1.82, 2.24) is 4.57 Å². The molecule has 0 saturated heterocycles. The molecule has 0 aliphatic rings. The molecule has 0 amide bonds. The predicted molar refractivity (Wildman–Crippen MR) is 102 cm³/mol. The quantitative estimate of drug-likeness (QED) is 0.512. The van der Waals surface area contributed by atoms with Gasteiger partial charge in [-0.25, -0.2) is 0 Å². The minimum absolute atomic E-state index is 0.210. The number of carbonyl (C=O) groups is 1. The van der Waals surface area contributed by atoms with Crippen LogP contribution in [-0.4, -0.2) is 24.0 Å². The van der Waals surface area contributed by atoms with Crippen LogP contribution in [-0.2, 0) is 9.53 Å². The molecule has 4 nitrogen and oxygen atoms in total. The molecule has 0 saturated carbocycles. The third kappa shape index (κ3) is 5.77. The monoisotopic (exact) mass is 393 g/mol. The predicted octanol–water partition coefficient (Wildman–Crippen LogP) is 5.83. The molecule has 0 N–H and O–H groups in total. The number of fused-ring (bicyclic) bond motifs is 1. The number of aromatic nitrogens is 1. The lowest BCUT2D eigenvalue weighted by Crippen LogP contribution is -2.16. The van der Waals surface area contributed by atoms with E-state index in [1.54, 1.807) is 19.1 Å².